The number of hydrogen-bond donors (Lipinski definition) is 1. The highest BCUT2D eigenvalue weighted by atomic mass is 16.3. The van der Waals surface area contributed by atoms with Crippen molar-refractivity contribution in [1.82, 2.24) is 19.7 Å². The number of aromatic nitrogens is 4. The van der Waals surface area contributed by atoms with E-state index >= 15 is 0 Å². The molecule has 1 aromatic carbocycles. The summed E-state index contributed by atoms with van der Waals surface area (Å²) in [5, 5.41) is 15.7. The minimum Gasteiger partial charge on any atom is -0.386 e. The molecule has 108 valence electrons. The third-order valence-electron chi connectivity index (χ3n) is 3.47. The summed E-state index contributed by atoms with van der Waals surface area (Å²) >= 11 is 0. The number of hydrogen-bond acceptors (Lipinski definition) is 4. The fourth-order valence-electron chi connectivity index (χ4n) is 2.40. The summed E-state index contributed by atoms with van der Waals surface area (Å²) in [6.07, 6.45) is 1.25. The maximum atomic E-state index is 10.4. The first-order valence-electron chi connectivity index (χ1n) is 7.07. The lowest BCUT2D eigenvalue weighted by molar-refractivity contribution is 0.169. The number of pyridine rings is 1. The predicted octanol–water partition coefficient (Wildman–Crippen LogP) is 2.68. The number of rotatable bonds is 4. The lowest BCUT2D eigenvalue weighted by atomic mass is 10.1. The monoisotopic (exact) mass is 282 g/mol. The highest BCUT2D eigenvalue weighted by molar-refractivity contribution is 5.78. The van der Waals surface area contributed by atoms with Gasteiger partial charge in [-0.25, -0.2) is 9.67 Å². The molecule has 0 saturated carbocycles. The average molecular weight is 282 g/mol. The van der Waals surface area contributed by atoms with Crippen LogP contribution in [0.15, 0.2) is 42.7 Å². The second kappa shape index (κ2) is 5.61. The number of aliphatic hydroxyl groups is 1. The van der Waals surface area contributed by atoms with Crippen molar-refractivity contribution < 1.29 is 5.11 Å². The van der Waals surface area contributed by atoms with Gasteiger partial charge in [-0.3, -0.25) is 4.98 Å². The molecule has 0 saturated heterocycles. The predicted molar refractivity (Wildman–Crippen MR) is 80.8 cm³/mol. The van der Waals surface area contributed by atoms with Gasteiger partial charge in [-0.15, -0.1) is 0 Å². The second-order valence-electron chi connectivity index (χ2n) is 5.36. The summed E-state index contributed by atoms with van der Waals surface area (Å²) in [7, 11) is 0. The summed E-state index contributed by atoms with van der Waals surface area (Å²) in [5.74, 6) is 0.771. The zero-order valence-corrected chi connectivity index (χ0v) is 12.1. The molecule has 0 radical (unpaired) electrons. The molecule has 5 heteroatoms. The van der Waals surface area contributed by atoms with E-state index in [1.165, 1.54) is 6.33 Å². The van der Waals surface area contributed by atoms with E-state index in [0.717, 1.165) is 16.7 Å². The molecule has 2 heterocycles. The fraction of sp³-hybridized carbons (Fsp3) is 0.312. The summed E-state index contributed by atoms with van der Waals surface area (Å²) in [4.78, 5) is 8.75. The van der Waals surface area contributed by atoms with E-state index in [0.29, 0.717) is 12.1 Å². The fourth-order valence-corrected chi connectivity index (χ4v) is 2.40. The van der Waals surface area contributed by atoms with Gasteiger partial charge in [0.25, 0.3) is 0 Å². The van der Waals surface area contributed by atoms with Gasteiger partial charge in [0.15, 0.2) is 0 Å². The maximum Gasteiger partial charge on any atom is 0.138 e. The van der Waals surface area contributed by atoms with Crippen molar-refractivity contribution in [1.29, 1.82) is 0 Å². The normalized spacial score (nSPS) is 13.0. The summed E-state index contributed by atoms with van der Waals surface area (Å²) < 4.78 is 1.82. The van der Waals surface area contributed by atoms with E-state index in [1.807, 2.05) is 54.9 Å². The highest BCUT2D eigenvalue weighted by Crippen LogP contribution is 2.20. The van der Waals surface area contributed by atoms with Gasteiger partial charge in [0.1, 0.15) is 18.3 Å². The Morgan fingerprint density at radius 2 is 1.95 bits per heavy atom. The number of benzene rings is 1. The Bertz CT molecular complexity index is 751. The zero-order valence-electron chi connectivity index (χ0n) is 12.1. The van der Waals surface area contributed by atoms with Gasteiger partial charge < -0.3 is 5.11 Å². The lowest BCUT2D eigenvalue weighted by Crippen LogP contribution is -2.13. The lowest BCUT2D eigenvalue weighted by Gasteiger charge is -2.13. The molecule has 1 N–H and O–H groups in total. The zero-order chi connectivity index (χ0) is 14.8. The van der Waals surface area contributed by atoms with Crippen LogP contribution in [0.5, 0.6) is 0 Å². The third-order valence-corrected chi connectivity index (χ3v) is 3.47. The van der Waals surface area contributed by atoms with E-state index in [-0.39, 0.29) is 6.04 Å². The van der Waals surface area contributed by atoms with E-state index in [1.54, 1.807) is 0 Å². The van der Waals surface area contributed by atoms with Gasteiger partial charge in [-0.1, -0.05) is 24.3 Å². The molecular formula is C16H18N4O. The quantitative estimate of drug-likeness (QED) is 0.799. The minimum absolute atomic E-state index is 0.222. The number of fused-ring (bicyclic) bond motifs is 1. The smallest absolute Gasteiger partial charge is 0.138 e. The van der Waals surface area contributed by atoms with E-state index in [4.69, 9.17) is 0 Å². The van der Waals surface area contributed by atoms with Gasteiger partial charge in [-0.05, 0) is 26.0 Å². The summed E-state index contributed by atoms with van der Waals surface area (Å²) in [6.45, 7) is 4.08. The van der Waals surface area contributed by atoms with E-state index in [9.17, 15) is 5.11 Å². The summed E-state index contributed by atoms with van der Waals surface area (Å²) in [5.41, 5.74) is 1.55. The van der Waals surface area contributed by atoms with Crippen LogP contribution in [0.4, 0.5) is 0 Å². The molecule has 0 aliphatic heterocycles. The van der Waals surface area contributed by atoms with Crippen LogP contribution in [0, 0.1) is 0 Å². The standard InChI is InChI=1S/C16H18N4O/c1-11(2)20-16(17-10-18-20)9-15(21)14-8-7-12-5-3-4-6-13(12)19-14/h3-8,10-11,15,21H,9H2,1-2H3. The maximum absolute atomic E-state index is 10.4. The molecule has 1 unspecified atom stereocenters. The van der Waals surface area contributed by atoms with Crippen LogP contribution < -0.4 is 0 Å². The van der Waals surface area contributed by atoms with Gasteiger partial charge in [0.05, 0.1) is 11.2 Å². The number of para-hydroxylation sites is 1. The van der Waals surface area contributed by atoms with Crippen LogP contribution in [-0.4, -0.2) is 24.9 Å². The molecule has 0 fully saturated rings. The Morgan fingerprint density at radius 3 is 2.76 bits per heavy atom. The summed E-state index contributed by atoms with van der Waals surface area (Å²) in [6, 6.07) is 11.9. The van der Waals surface area contributed by atoms with Gasteiger partial charge >= 0.3 is 0 Å². The molecule has 0 aliphatic rings. The highest BCUT2D eigenvalue weighted by Gasteiger charge is 2.16. The molecule has 21 heavy (non-hydrogen) atoms. The minimum atomic E-state index is -0.684. The molecule has 1 atom stereocenters. The Morgan fingerprint density at radius 1 is 1.14 bits per heavy atom. The molecule has 0 amide bonds. The molecule has 5 nitrogen and oxygen atoms in total. The molecule has 0 spiro atoms. The third kappa shape index (κ3) is 2.78. The van der Waals surface area contributed by atoms with Crippen molar-refractivity contribution in [3.8, 4) is 0 Å². The van der Waals surface area contributed by atoms with Crippen LogP contribution in [0.25, 0.3) is 10.9 Å². The largest absolute Gasteiger partial charge is 0.386 e. The van der Waals surface area contributed by atoms with Crippen molar-refractivity contribution >= 4 is 10.9 Å². The number of nitrogens with zero attached hydrogens (tertiary/aromatic N) is 4. The Kier molecular flexibility index (Phi) is 3.66. The average Bonchev–Trinajstić information content (AvgIpc) is 2.95. The van der Waals surface area contributed by atoms with Crippen molar-refractivity contribution in [2.75, 3.05) is 0 Å². The van der Waals surface area contributed by atoms with Crippen LogP contribution in [0.2, 0.25) is 0 Å². The van der Waals surface area contributed by atoms with Gasteiger partial charge in [0, 0.05) is 17.8 Å². The molecule has 3 aromatic rings. The molecule has 3 rings (SSSR count). The van der Waals surface area contributed by atoms with E-state index in [2.05, 4.69) is 15.1 Å². The van der Waals surface area contributed by atoms with Crippen molar-refractivity contribution in [2.45, 2.75) is 32.4 Å². The molecule has 0 aliphatic carbocycles. The van der Waals surface area contributed by atoms with Crippen molar-refractivity contribution in [3.05, 3.63) is 54.2 Å². The van der Waals surface area contributed by atoms with Crippen LogP contribution in [0.1, 0.15) is 37.5 Å². The van der Waals surface area contributed by atoms with Crippen LogP contribution in [-0.2, 0) is 6.42 Å². The SMILES string of the molecule is CC(C)n1ncnc1CC(O)c1ccc2ccccc2n1. The molecule has 2 aromatic heterocycles. The van der Waals surface area contributed by atoms with Crippen molar-refractivity contribution in [2.24, 2.45) is 0 Å². The van der Waals surface area contributed by atoms with Gasteiger partial charge in [-0.2, -0.15) is 5.10 Å². The first kappa shape index (κ1) is 13.7. The number of aliphatic hydroxyl groups excluding tert-OH is 1. The topological polar surface area (TPSA) is 63.8 Å². The first-order chi connectivity index (χ1) is 10.1. The second-order valence-corrected chi connectivity index (χ2v) is 5.36. The van der Waals surface area contributed by atoms with Crippen molar-refractivity contribution in [3.63, 3.8) is 0 Å². The molecule has 0 bridgehead atoms. The van der Waals surface area contributed by atoms with Crippen LogP contribution >= 0.6 is 0 Å². The Hall–Kier alpha value is -2.27. The first-order valence-corrected chi connectivity index (χ1v) is 7.07. The van der Waals surface area contributed by atoms with E-state index < -0.39 is 6.10 Å². The van der Waals surface area contributed by atoms with Crippen LogP contribution in [0.3, 0.4) is 0 Å². The molecular weight excluding hydrogens is 264 g/mol. The van der Waals surface area contributed by atoms with Gasteiger partial charge in [0.2, 0.25) is 0 Å². The Balaban J connectivity index is 1.86. The Labute approximate surface area is 123 Å².